The van der Waals surface area contributed by atoms with Crippen molar-refractivity contribution in [3.8, 4) is 5.75 Å². The molecule has 0 aliphatic carbocycles. The number of benzene rings is 2. The number of nitrogens with one attached hydrogen (secondary N) is 2. The lowest BCUT2D eigenvalue weighted by Gasteiger charge is -2.19. The predicted octanol–water partition coefficient (Wildman–Crippen LogP) is 9.38. The first-order chi connectivity index (χ1) is 19.5. The number of nitrogens with zero attached hydrogens (tertiary/aromatic N) is 3. The van der Waals surface area contributed by atoms with Crippen LogP contribution in [-0.2, 0) is 6.54 Å². The zero-order valence-corrected chi connectivity index (χ0v) is 25.7. The Morgan fingerprint density at radius 2 is 1.60 bits per heavy atom. The molecule has 0 saturated carbocycles. The molecule has 1 aromatic heterocycles. The molecule has 7 nitrogen and oxygen atoms in total. The molecule has 2 N–H and O–H groups in total. The van der Waals surface area contributed by atoms with E-state index in [0.29, 0.717) is 24.6 Å². The van der Waals surface area contributed by atoms with Gasteiger partial charge in [0.1, 0.15) is 17.7 Å². The van der Waals surface area contributed by atoms with Crippen molar-refractivity contribution in [3.63, 3.8) is 0 Å². The summed E-state index contributed by atoms with van der Waals surface area (Å²) in [5.74, 6) is 0.622. The first kappa shape index (κ1) is 31.5. The maximum Gasteiger partial charge on any atom is 0.409 e. The first-order valence-corrected chi connectivity index (χ1v) is 15.9. The van der Waals surface area contributed by atoms with Gasteiger partial charge in [-0.1, -0.05) is 95.5 Å². The van der Waals surface area contributed by atoms with Gasteiger partial charge in [0.05, 0.1) is 11.3 Å². The van der Waals surface area contributed by atoms with Gasteiger partial charge >= 0.3 is 11.2 Å². The molecule has 0 fully saturated rings. The second-order valence-electron chi connectivity index (χ2n) is 10.6. The van der Waals surface area contributed by atoms with Crippen LogP contribution >= 0.6 is 11.3 Å². The Kier molecular flexibility index (Phi) is 13.4. The number of rotatable bonds is 18. The van der Waals surface area contributed by atoms with Gasteiger partial charge in [-0.2, -0.15) is 10.4 Å². The Balaban J connectivity index is 1.90. The summed E-state index contributed by atoms with van der Waals surface area (Å²) in [6.45, 7) is 11.4. The smallest absolute Gasteiger partial charge is 0.409 e. The van der Waals surface area contributed by atoms with Crippen LogP contribution in [0.2, 0.25) is 0 Å². The number of urea groups is 1. The summed E-state index contributed by atoms with van der Waals surface area (Å²) in [7, 11) is 0. The van der Waals surface area contributed by atoms with Crippen LogP contribution in [0.5, 0.6) is 5.75 Å². The molecule has 8 heteroatoms. The Labute approximate surface area is 244 Å². The third-order valence-electron chi connectivity index (χ3n) is 7.18. The lowest BCUT2D eigenvalue weighted by molar-refractivity contribution is -0.644. The normalized spacial score (nSPS) is 11.1. The lowest BCUT2D eigenvalue weighted by atomic mass is 10.1. The van der Waals surface area contributed by atoms with Gasteiger partial charge < -0.3 is 9.64 Å². The van der Waals surface area contributed by atoms with Crippen LogP contribution in [0.1, 0.15) is 96.1 Å². The van der Waals surface area contributed by atoms with Crippen molar-refractivity contribution in [2.75, 3.05) is 25.0 Å². The number of hydrogen-bond donors (Lipinski definition) is 2. The van der Waals surface area contributed by atoms with Gasteiger partial charge in [-0.3, -0.25) is 0 Å². The predicted molar refractivity (Wildman–Crippen MR) is 166 cm³/mol. The van der Waals surface area contributed by atoms with E-state index in [0.717, 1.165) is 72.5 Å². The van der Waals surface area contributed by atoms with E-state index < -0.39 is 0 Å². The molecule has 2 amide bonds. The van der Waals surface area contributed by atoms with Gasteiger partial charge in [0.2, 0.25) is 0 Å². The summed E-state index contributed by atoms with van der Waals surface area (Å²) in [5, 5.41) is 7.79. The van der Waals surface area contributed by atoms with E-state index in [1.807, 2.05) is 17.0 Å². The van der Waals surface area contributed by atoms with Crippen LogP contribution < -0.4 is 14.6 Å². The maximum atomic E-state index is 13.4. The molecule has 2 aromatic carbocycles. The average Bonchev–Trinajstić information content (AvgIpc) is 3.28. The number of unbranched alkanes of at least 4 members (excludes halogenated alkanes) is 7. The third-order valence-corrected chi connectivity index (χ3v) is 8.25. The maximum absolute atomic E-state index is 13.4. The van der Waals surface area contributed by atoms with Crippen LogP contribution in [-0.4, -0.2) is 30.6 Å². The van der Waals surface area contributed by atoms with Gasteiger partial charge in [-0.05, 0) is 49.2 Å². The Bertz CT molecular complexity index is 1200. The molecule has 0 radical (unpaired) electrons. The van der Waals surface area contributed by atoms with Crippen molar-refractivity contribution in [1.82, 2.24) is 4.90 Å². The van der Waals surface area contributed by atoms with Crippen molar-refractivity contribution in [2.45, 2.75) is 98.4 Å². The Morgan fingerprint density at radius 1 is 0.950 bits per heavy atom. The highest BCUT2D eigenvalue weighted by molar-refractivity contribution is 7.21. The lowest BCUT2D eigenvalue weighted by Crippen LogP contribution is -2.42. The molecule has 218 valence electrons. The molecular formula is C32H48N5O2S+. The van der Waals surface area contributed by atoms with E-state index in [9.17, 15) is 4.79 Å². The zero-order chi connectivity index (χ0) is 28.7. The highest BCUT2D eigenvalue weighted by Crippen LogP contribution is 2.36. The molecule has 0 unspecified atom stereocenters. The number of aromatic nitrogens is 1. The minimum Gasteiger partial charge on any atom is -0.491 e. The van der Waals surface area contributed by atoms with Crippen molar-refractivity contribution < 1.29 is 14.1 Å². The Hall–Kier alpha value is -3.00. The van der Waals surface area contributed by atoms with E-state index in [4.69, 9.17) is 10.3 Å². The van der Waals surface area contributed by atoms with E-state index in [2.05, 4.69) is 67.0 Å². The fourth-order valence-corrected chi connectivity index (χ4v) is 5.74. The fourth-order valence-electron chi connectivity index (χ4n) is 4.68. The quantitative estimate of drug-likeness (QED) is 0.0913. The van der Waals surface area contributed by atoms with Crippen molar-refractivity contribution in [3.05, 3.63) is 47.5 Å². The van der Waals surface area contributed by atoms with Crippen LogP contribution in [0.15, 0.2) is 41.5 Å². The number of amides is 2. The number of thiazole rings is 1. The van der Waals surface area contributed by atoms with Crippen LogP contribution in [0.4, 0.5) is 15.6 Å². The van der Waals surface area contributed by atoms with Crippen molar-refractivity contribution >= 4 is 38.4 Å². The summed E-state index contributed by atoms with van der Waals surface area (Å²) in [5.41, 5.74) is 11.6. The minimum atomic E-state index is -0.0592. The summed E-state index contributed by atoms with van der Waals surface area (Å²) in [6.07, 6.45) is 11.2. The average molecular weight is 567 g/mol. The molecule has 3 aromatic rings. The second kappa shape index (κ2) is 17.0. The van der Waals surface area contributed by atoms with E-state index in [1.54, 1.807) is 0 Å². The number of ether oxygens (including phenoxy) is 1. The monoisotopic (exact) mass is 566 g/mol. The molecule has 0 saturated heterocycles. The fraction of sp³-hybridized carbons (Fsp3) is 0.562. The molecule has 0 atom stereocenters. The molecule has 3 rings (SSSR count). The van der Waals surface area contributed by atoms with E-state index in [-0.39, 0.29) is 6.03 Å². The zero-order valence-electron chi connectivity index (χ0n) is 24.9. The molecule has 0 aliphatic rings. The molecule has 0 bridgehead atoms. The first-order valence-electron chi connectivity index (χ1n) is 15.1. The van der Waals surface area contributed by atoms with Crippen LogP contribution in [0, 0.1) is 12.5 Å². The van der Waals surface area contributed by atoms with E-state index in [1.165, 1.54) is 42.6 Å². The number of carbonyl (C=O) groups is 1. The largest absolute Gasteiger partial charge is 0.491 e. The summed E-state index contributed by atoms with van der Waals surface area (Å²) < 4.78 is 9.29. The third kappa shape index (κ3) is 9.29. The second-order valence-corrected chi connectivity index (χ2v) is 11.6. The summed E-state index contributed by atoms with van der Waals surface area (Å²) in [4.78, 5) is 15.4. The number of aryl methyl sites for hydroxylation is 1. The molecule has 0 spiro atoms. The number of fused-ring (bicyclic) bond motifs is 1. The minimum absolute atomic E-state index is 0.0592. The summed E-state index contributed by atoms with van der Waals surface area (Å²) >= 11 is 1.52. The topological polar surface area (TPSA) is 81.7 Å². The Morgan fingerprint density at radius 3 is 2.25 bits per heavy atom. The van der Waals surface area contributed by atoms with Gasteiger partial charge in [0.25, 0.3) is 0 Å². The van der Waals surface area contributed by atoms with Gasteiger partial charge in [0, 0.05) is 19.2 Å². The number of hydrogen-bond acceptors (Lipinski definition) is 5. The standard InChI is InChI=1S/C32H47N5O2S/c1-5-8-11-12-13-14-21-39-29-23-28-30(22-27(29)35-33)40-32(37(28)24-26-17-15-25(4)16-18-26)34-31(38)36(19-9-6-2)20-10-7-3/h15-18,22-23,33H,5-14,19-21,24H2,1-4H3/p+1. The van der Waals surface area contributed by atoms with Crippen LogP contribution in [0.25, 0.3) is 10.2 Å². The number of anilines is 1. The van der Waals surface area contributed by atoms with Gasteiger partial charge in [-0.15, -0.1) is 0 Å². The van der Waals surface area contributed by atoms with Crippen LogP contribution in [0.3, 0.4) is 0 Å². The van der Waals surface area contributed by atoms with Gasteiger partial charge in [-0.25, -0.2) is 14.9 Å². The highest BCUT2D eigenvalue weighted by atomic mass is 32.1. The molecule has 1 heterocycles. The summed E-state index contributed by atoms with van der Waals surface area (Å²) in [6, 6.07) is 12.3. The highest BCUT2D eigenvalue weighted by Gasteiger charge is 2.26. The van der Waals surface area contributed by atoms with Crippen molar-refractivity contribution in [2.24, 2.45) is 5.11 Å². The number of carbonyl (C=O) groups excluding carboxylic acids is 1. The SMILES string of the molecule is CCCCCCCCOc1cc2c(cc1N=N)sc(NC(=O)N(CCCC)CCCC)[n+]2Cc1ccc(C)cc1. The van der Waals surface area contributed by atoms with E-state index >= 15 is 0 Å². The molecular weight excluding hydrogens is 518 g/mol. The van der Waals surface area contributed by atoms with Gasteiger partial charge in [0.15, 0.2) is 5.75 Å². The van der Waals surface area contributed by atoms with Crippen molar-refractivity contribution in [1.29, 1.82) is 5.53 Å². The molecule has 0 aliphatic heterocycles. The molecule has 40 heavy (non-hydrogen) atoms.